The summed E-state index contributed by atoms with van der Waals surface area (Å²) in [6.45, 7) is 1.26. The van der Waals surface area contributed by atoms with Gasteiger partial charge in [0.05, 0.1) is 0 Å². The van der Waals surface area contributed by atoms with Crippen LogP contribution in [0.2, 0.25) is 0 Å². The van der Waals surface area contributed by atoms with E-state index in [4.69, 9.17) is 0 Å². The van der Waals surface area contributed by atoms with E-state index in [-0.39, 0.29) is 0 Å². The maximum atomic E-state index is 3.90. The summed E-state index contributed by atoms with van der Waals surface area (Å²) < 4.78 is 0.574. The first-order valence-electron chi connectivity index (χ1n) is 7.63. The van der Waals surface area contributed by atoms with E-state index in [0.29, 0.717) is 4.75 Å². The Labute approximate surface area is 112 Å². The number of hydrogen-bond donors (Lipinski definition) is 1. The monoisotopic (exact) mass is 255 g/mol. The van der Waals surface area contributed by atoms with Crippen LogP contribution in [0.5, 0.6) is 0 Å². The zero-order chi connectivity index (χ0) is 12.0. The van der Waals surface area contributed by atoms with Crippen molar-refractivity contribution in [2.45, 2.75) is 81.4 Å². The smallest absolute Gasteiger partial charge is 0.0281 e. The Morgan fingerprint density at radius 2 is 1.53 bits per heavy atom. The molecule has 2 aliphatic rings. The second kappa shape index (κ2) is 7.04. The Balaban J connectivity index is 1.77. The molecule has 0 aromatic rings. The lowest BCUT2D eigenvalue weighted by Gasteiger charge is -2.37. The molecule has 17 heavy (non-hydrogen) atoms. The second-order valence-electron chi connectivity index (χ2n) is 6.02. The van der Waals surface area contributed by atoms with Gasteiger partial charge in [0.15, 0.2) is 0 Å². The van der Waals surface area contributed by atoms with Crippen LogP contribution in [-0.2, 0) is 0 Å². The highest BCUT2D eigenvalue weighted by Gasteiger charge is 2.31. The highest BCUT2D eigenvalue weighted by molar-refractivity contribution is 8.00. The van der Waals surface area contributed by atoms with Crippen LogP contribution in [0.1, 0.15) is 70.6 Å². The molecule has 100 valence electrons. The number of hydrogen-bond acceptors (Lipinski definition) is 2. The van der Waals surface area contributed by atoms with Crippen LogP contribution in [0, 0.1) is 0 Å². The van der Waals surface area contributed by atoms with Crippen molar-refractivity contribution in [3.8, 4) is 0 Å². The van der Waals surface area contributed by atoms with Crippen LogP contribution in [0.15, 0.2) is 0 Å². The quantitative estimate of drug-likeness (QED) is 0.749. The van der Waals surface area contributed by atoms with Crippen molar-refractivity contribution in [2.24, 2.45) is 0 Å². The van der Waals surface area contributed by atoms with E-state index in [0.717, 1.165) is 6.04 Å². The van der Waals surface area contributed by atoms with E-state index in [1.54, 1.807) is 0 Å². The molecule has 0 aromatic heterocycles. The number of rotatable bonds is 4. The molecule has 0 spiro atoms. The summed E-state index contributed by atoms with van der Waals surface area (Å²) in [5, 5.41) is 3.90. The molecule has 2 heteroatoms. The van der Waals surface area contributed by atoms with Crippen molar-refractivity contribution in [2.75, 3.05) is 12.8 Å². The van der Waals surface area contributed by atoms with Crippen molar-refractivity contribution in [1.29, 1.82) is 0 Å². The van der Waals surface area contributed by atoms with E-state index in [1.165, 1.54) is 77.2 Å². The summed E-state index contributed by atoms with van der Waals surface area (Å²) >= 11 is 2.12. The maximum Gasteiger partial charge on any atom is 0.0281 e. The second-order valence-corrected chi connectivity index (χ2v) is 7.29. The summed E-state index contributed by atoms with van der Waals surface area (Å²) in [5.74, 6) is 0. The third-order valence-corrected chi connectivity index (χ3v) is 6.18. The van der Waals surface area contributed by atoms with Crippen molar-refractivity contribution in [3.05, 3.63) is 0 Å². The van der Waals surface area contributed by atoms with Gasteiger partial charge in [-0.1, -0.05) is 44.9 Å². The molecule has 0 aromatic carbocycles. The van der Waals surface area contributed by atoms with Crippen LogP contribution < -0.4 is 5.32 Å². The topological polar surface area (TPSA) is 12.0 Å². The van der Waals surface area contributed by atoms with Gasteiger partial charge in [0.1, 0.15) is 0 Å². The lowest BCUT2D eigenvalue weighted by molar-refractivity contribution is 0.350. The van der Waals surface area contributed by atoms with Crippen molar-refractivity contribution in [3.63, 3.8) is 0 Å². The van der Waals surface area contributed by atoms with Gasteiger partial charge in [-0.3, -0.25) is 0 Å². The van der Waals surface area contributed by atoms with Gasteiger partial charge in [0.25, 0.3) is 0 Å². The average Bonchev–Trinajstić information content (AvgIpc) is 2.66. The lowest BCUT2D eigenvalue weighted by Crippen LogP contribution is -2.43. The molecule has 0 aliphatic heterocycles. The predicted octanol–water partition coefficient (Wildman–Crippen LogP) is 4.36. The minimum atomic E-state index is 0.574. The van der Waals surface area contributed by atoms with Crippen molar-refractivity contribution in [1.82, 2.24) is 5.32 Å². The third-order valence-electron chi connectivity index (χ3n) is 4.77. The Bertz CT molecular complexity index is 203. The summed E-state index contributed by atoms with van der Waals surface area (Å²) in [6.07, 6.45) is 18.2. The van der Waals surface area contributed by atoms with Gasteiger partial charge in [-0.15, -0.1) is 0 Å². The normalized spacial score (nSPS) is 26.6. The maximum absolute atomic E-state index is 3.90. The summed E-state index contributed by atoms with van der Waals surface area (Å²) in [6, 6.07) is 0.823. The van der Waals surface area contributed by atoms with E-state index in [1.807, 2.05) is 0 Å². The molecule has 1 N–H and O–H groups in total. The van der Waals surface area contributed by atoms with E-state index >= 15 is 0 Å². The van der Waals surface area contributed by atoms with E-state index in [2.05, 4.69) is 23.3 Å². The fourth-order valence-electron chi connectivity index (χ4n) is 3.46. The molecule has 0 atom stereocenters. The van der Waals surface area contributed by atoms with Crippen LogP contribution >= 0.6 is 11.8 Å². The minimum Gasteiger partial charge on any atom is -0.313 e. The van der Waals surface area contributed by atoms with Crippen LogP contribution in [0.3, 0.4) is 0 Å². The van der Waals surface area contributed by atoms with Crippen molar-refractivity contribution < 1.29 is 0 Å². The van der Waals surface area contributed by atoms with Gasteiger partial charge in [-0.2, -0.15) is 11.8 Å². The molecule has 0 unspecified atom stereocenters. The molecule has 2 fully saturated rings. The van der Waals surface area contributed by atoms with Gasteiger partial charge in [-0.05, 0) is 31.9 Å². The average molecular weight is 255 g/mol. The molecule has 1 nitrogen and oxygen atoms in total. The molecule has 0 bridgehead atoms. The molecule has 0 heterocycles. The summed E-state index contributed by atoms with van der Waals surface area (Å²) in [4.78, 5) is 0. The first-order valence-corrected chi connectivity index (χ1v) is 8.86. The van der Waals surface area contributed by atoms with Gasteiger partial charge in [0, 0.05) is 17.3 Å². The highest BCUT2D eigenvalue weighted by atomic mass is 32.2. The number of nitrogens with one attached hydrogen (secondary N) is 1. The highest BCUT2D eigenvalue weighted by Crippen LogP contribution is 2.38. The zero-order valence-corrected chi connectivity index (χ0v) is 12.3. The zero-order valence-electron chi connectivity index (χ0n) is 11.5. The Hall–Kier alpha value is 0.310. The largest absolute Gasteiger partial charge is 0.313 e. The summed E-state index contributed by atoms with van der Waals surface area (Å²) in [5.41, 5.74) is 0. The van der Waals surface area contributed by atoms with Crippen molar-refractivity contribution >= 4 is 11.8 Å². The van der Waals surface area contributed by atoms with Gasteiger partial charge < -0.3 is 5.32 Å². The fourth-order valence-corrected chi connectivity index (χ4v) is 4.39. The molecular weight excluding hydrogens is 226 g/mol. The first kappa shape index (κ1) is 13.7. The molecular formula is C15H29NS. The van der Waals surface area contributed by atoms with E-state index < -0.39 is 0 Å². The Morgan fingerprint density at radius 3 is 2.12 bits per heavy atom. The molecule has 2 saturated carbocycles. The fraction of sp³-hybridized carbons (Fsp3) is 1.00. The minimum absolute atomic E-state index is 0.574. The molecule has 2 aliphatic carbocycles. The first-order chi connectivity index (χ1) is 8.35. The Kier molecular flexibility index (Phi) is 5.68. The molecule has 0 saturated heterocycles. The number of thioether (sulfide) groups is 1. The van der Waals surface area contributed by atoms with Crippen LogP contribution in [-0.4, -0.2) is 23.6 Å². The van der Waals surface area contributed by atoms with Gasteiger partial charge >= 0.3 is 0 Å². The standard InChI is InChI=1S/C15H29NS/c1-17-15(11-7-4-8-12-15)13-16-14-9-5-2-3-6-10-14/h14,16H,2-13H2,1H3. The van der Waals surface area contributed by atoms with E-state index in [9.17, 15) is 0 Å². The Morgan fingerprint density at radius 1 is 0.941 bits per heavy atom. The molecule has 2 rings (SSSR count). The third kappa shape index (κ3) is 4.17. The van der Waals surface area contributed by atoms with Crippen LogP contribution in [0.4, 0.5) is 0 Å². The van der Waals surface area contributed by atoms with Gasteiger partial charge in [0.2, 0.25) is 0 Å². The molecule has 0 amide bonds. The van der Waals surface area contributed by atoms with Gasteiger partial charge in [-0.25, -0.2) is 0 Å². The van der Waals surface area contributed by atoms with Crippen LogP contribution in [0.25, 0.3) is 0 Å². The summed E-state index contributed by atoms with van der Waals surface area (Å²) in [7, 11) is 0. The predicted molar refractivity (Wildman–Crippen MR) is 78.8 cm³/mol. The lowest BCUT2D eigenvalue weighted by atomic mass is 9.88. The SMILES string of the molecule is CSC1(CNC2CCCCCC2)CCCCC1. The molecule has 0 radical (unpaired) electrons.